The molecule has 2 rings (SSSR count). The molecule has 1 aliphatic carbocycles. The van der Waals surface area contributed by atoms with Gasteiger partial charge in [-0.15, -0.1) is 0 Å². The fourth-order valence-electron chi connectivity index (χ4n) is 3.65. The zero-order valence-electron chi connectivity index (χ0n) is 13.1. The molecule has 2 heteroatoms. The fraction of sp³-hybridized carbons (Fsp3) is 0.611. The molecule has 1 aliphatic rings. The maximum atomic E-state index is 11.8. The SMILES string of the molecule is CCN(CC1(C=O)CCCC(C)C1)c1ccccc1C. The second-order valence-corrected chi connectivity index (χ2v) is 6.48. The summed E-state index contributed by atoms with van der Waals surface area (Å²) >= 11 is 0. The van der Waals surface area contributed by atoms with Crippen molar-refractivity contribution in [3.63, 3.8) is 0 Å². The lowest BCUT2D eigenvalue weighted by atomic mass is 9.70. The number of carbonyl (C=O) groups is 1. The largest absolute Gasteiger partial charge is 0.371 e. The summed E-state index contributed by atoms with van der Waals surface area (Å²) < 4.78 is 0. The van der Waals surface area contributed by atoms with Crippen LogP contribution in [0.25, 0.3) is 0 Å². The Morgan fingerprint density at radius 3 is 2.75 bits per heavy atom. The van der Waals surface area contributed by atoms with Crippen LogP contribution in [-0.4, -0.2) is 19.4 Å². The lowest BCUT2D eigenvalue weighted by molar-refractivity contribution is -0.118. The van der Waals surface area contributed by atoms with Crippen LogP contribution in [0.15, 0.2) is 24.3 Å². The summed E-state index contributed by atoms with van der Waals surface area (Å²) in [6, 6.07) is 8.48. The van der Waals surface area contributed by atoms with Gasteiger partial charge in [0.25, 0.3) is 0 Å². The van der Waals surface area contributed by atoms with E-state index in [1.807, 2.05) is 0 Å². The monoisotopic (exact) mass is 273 g/mol. The Hall–Kier alpha value is -1.31. The van der Waals surface area contributed by atoms with E-state index in [4.69, 9.17) is 0 Å². The summed E-state index contributed by atoms with van der Waals surface area (Å²) in [6.45, 7) is 8.42. The molecule has 0 amide bonds. The minimum absolute atomic E-state index is 0.143. The summed E-state index contributed by atoms with van der Waals surface area (Å²) in [5, 5.41) is 0. The lowest BCUT2D eigenvalue weighted by Crippen LogP contribution is -2.42. The van der Waals surface area contributed by atoms with E-state index >= 15 is 0 Å². The van der Waals surface area contributed by atoms with Gasteiger partial charge in [0.05, 0.1) is 0 Å². The van der Waals surface area contributed by atoms with Crippen LogP contribution in [0.5, 0.6) is 0 Å². The highest BCUT2D eigenvalue weighted by Crippen LogP contribution is 2.39. The van der Waals surface area contributed by atoms with E-state index in [1.54, 1.807) is 0 Å². The molecule has 2 unspecified atom stereocenters. The maximum Gasteiger partial charge on any atom is 0.127 e. The van der Waals surface area contributed by atoms with E-state index < -0.39 is 0 Å². The van der Waals surface area contributed by atoms with Crippen molar-refractivity contribution < 1.29 is 4.79 Å². The predicted octanol–water partition coefficient (Wildman–Crippen LogP) is 4.22. The maximum absolute atomic E-state index is 11.8. The molecule has 0 aromatic heterocycles. The smallest absolute Gasteiger partial charge is 0.127 e. The molecule has 0 N–H and O–H groups in total. The molecule has 0 radical (unpaired) electrons. The van der Waals surface area contributed by atoms with Crippen LogP contribution in [0.1, 0.15) is 45.1 Å². The number of nitrogens with zero attached hydrogens (tertiary/aromatic N) is 1. The third-order valence-electron chi connectivity index (χ3n) is 4.72. The summed E-state index contributed by atoms with van der Waals surface area (Å²) in [7, 11) is 0. The van der Waals surface area contributed by atoms with Gasteiger partial charge in [-0.25, -0.2) is 0 Å². The van der Waals surface area contributed by atoms with Crippen LogP contribution < -0.4 is 4.90 Å². The summed E-state index contributed by atoms with van der Waals surface area (Å²) in [6.07, 6.45) is 5.78. The van der Waals surface area contributed by atoms with Crippen molar-refractivity contribution in [1.82, 2.24) is 0 Å². The van der Waals surface area contributed by atoms with E-state index in [2.05, 4.69) is 49.9 Å². The van der Waals surface area contributed by atoms with E-state index in [9.17, 15) is 4.79 Å². The Morgan fingerprint density at radius 1 is 1.40 bits per heavy atom. The number of aldehydes is 1. The molecule has 0 spiro atoms. The Bertz CT molecular complexity index is 456. The van der Waals surface area contributed by atoms with Gasteiger partial charge in [0, 0.05) is 24.2 Å². The first-order valence-corrected chi connectivity index (χ1v) is 7.87. The van der Waals surface area contributed by atoms with Crippen molar-refractivity contribution in [1.29, 1.82) is 0 Å². The van der Waals surface area contributed by atoms with Gasteiger partial charge in [0.15, 0.2) is 0 Å². The first-order chi connectivity index (χ1) is 9.60. The van der Waals surface area contributed by atoms with Crippen LogP contribution in [0.4, 0.5) is 5.69 Å². The molecule has 1 fully saturated rings. The average molecular weight is 273 g/mol. The van der Waals surface area contributed by atoms with Crippen LogP contribution >= 0.6 is 0 Å². The normalized spacial score (nSPS) is 26.2. The van der Waals surface area contributed by atoms with E-state index in [0.717, 1.165) is 25.9 Å². The van der Waals surface area contributed by atoms with Gasteiger partial charge in [-0.1, -0.05) is 38.0 Å². The molecular weight excluding hydrogens is 246 g/mol. The summed E-state index contributed by atoms with van der Waals surface area (Å²) in [5.41, 5.74) is 2.42. The molecule has 1 saturated carbocycles. The van der Waals surface area contributed by atoms with Crippen molar-refractivity contribution in [2.75, 3.05) is 18.0 Å². The van der Waals surface area contributed by atoms with Crippen LogP contribution in [0.3, 0.4) is 0 Å². The lowest BCUT2D eigenvalue weighted by Gasteiger charge is -2.40. The number of benzene rings is 1. The topological polar surface area (TPSA) is 20.3 Å². The predicted molar refractivity (Wildman–Crippen MR) is 85.2 cm³/mol. The second-order valence-electron chi connectivity index (χ2n) is 6.48. The Labute approximate surface area is 123 Å². The molecule has 2 atom stereocenters. The highest BCUT2D eigenvalue weighted by molar-refractivity contribution is 5.63. The molecule has 0 heterocycles. The Balaban J connectivity index is 2.20. The fourth-order valence-corrected chi connectivity index (χ4v) is 3.65. The molecule has 1 aromatic rings. The van der Waals surface area contributed by atoms with Crippen molar-refractivity contribution in [3.05, 3.63) is 29.8 Å². The molecular formula is C18H27NO. The van der Waals surface area contributed by atoms with E-state index in [1.165, 1.54) is 30.4 Å². The van der Waals surface area contributed by atoms with Crippen molar-refractivity contribution in [3.8, 4) is 0 Å². The molecule has 0 saturated heterocycles. The number of carbonyl (C=O) groups excluding carboxylic acids is 1. The summed E-state index contributed by atoms with van der Waals surface area (Å²) in [5.74, 6) is 0.671. The van der Waals surface area contributed by atoms with Gasteiger partial charge in [-0.05, 0) is 44.2 Å². The van der Waals surface area contributed by atoms with Gasteiger partial charge in [-0.3, -0.25) is 0 Å². The van der Waals surface area contributed by atoms with Gasteiger partial charge in [0.2, 0.25) is 0 Å². The van der Waals surface area contributed by atoms with Gasteiger partial charge in [0.1, 0.15) is 6.29 Å². The third-order valence-corrected chi connectivity index (χ3v) is 4.72. The number of para-hydroxylation sites is 1. The highest BCUT2D eigenvalue weighted by Gasteiger charge is 2.36. The average Bonchev–Trinajstić information content (AvgIpc) is 2.46. The van der Waals surface area contributed by atoms with Crippen LogP contribution in [-0.2, 0) is 4.79 Å². The van der Waals surface area contributed by atoms with Gasteiger partial charge >= 0.3 is 0 Å². The number of hydrogen-bond acceptors (Lipinski definition) is 2. The van der Waals surface area contributed by atoms with Crippen molar-refractivity contribution in [2.24, 2.45) is 11.3 Å². The molecule has 0 bridgehead atoms. The number of hydrogen-bond donors (Lipinski definition) is 0. The Kier molecular flexibility index (Phi) is 4.85. The number of anilines is 1. The first kappa shape index (κ1) is 15.1. The van der Waals surface area contributed by atoms with Crippen molar-refractivity contribution >= 4 is 12.0 Å². The molecule has 2 nitrogen and oxygen atoms in total. The van der Waals surface area contributed by atoms with Gasteiger partial charge in [-0.2, -0.15) is 0 Å². The Morgan fingerprint density at radius 2 is 2.15 bits per heavy atom. The number of aryl methyl sites for hydroxylation is 1. The zero-order chi connectivity index (χ0) is 14.6. The second kappa shape index (κ2) is 6.43. The van der Waals surface area contributed by atoms with Crippen LogP contribution in [0, 0.1) is 18.3 Å². The van der Waals surface area contributed by atoms with Crippen LogP contribution in [0.2, 0.25) is 0 Å². The first-order valence-electron chi connectivity index (χ1n) is 7.87. The molecule has 110 valence electrons. The molecule has 1 aromatic carbocycles. The van der Waals surface area contributed by atoms with E-state index in [0.29, 0.717) is 5.92 Å². The molecule has 20 heavy (non-hydrogen) atoms. The third kappa shape index (κ3) is 3.23. The number of rotatable bonds is 5. The molecule has 0 aliphatic heterocycles. The zero-order valence-corrected chi connectivity index (χ0v) is 13.1. The highest BCUT2D eigenvalue weighted by atomic mass is 16.1. The minimum Gasteiger partial charge on any atom is -0.371 e. The van der Waals surface area contributed by atoms with E-state index in [-0.39, 0.29) is 5.41 Å². The minimum atomic E-state index is -0.143. The van der Waals surface area contributed by atoms with Crippen molar-refractivity contribution in [2.45, 2.75) is 46.5 Å². The standard InChI is InChI=1S/C18H27NO/c1-4-19(17-10-6-5-9-16(17)3)13-18(14-20)11-7-8-15(2)12-18/h5-6,9-10,14-15H,4,7-8,11-13H2,1-3H3. The summed E-state index contributed by atoms with van der Waals surface area (Å²) in [4.78, 5) is 14.1. The quantitative estimate of drug-likeness (QED) is 0.749. The van der Waals surface area contributed by atoms with Gasteiger partial charge < -0.3 is 9.69 Å².